The van der Waals surface area contributed by atoms with Gasteiger partial charge in [0.1, 0.15) is 5.75 Å². The molecule has 0 fully saturated rings. The zero-order valence-corrected chi connectivity index (χ0v) is 18.8. The summed E-state index contributed by atoms with van der Waals surface area (Å²) in [6.45, 7) is 2.20. The Morgan fingerprint density at radius 3 is 2.48 bits per heavy atom. The quantitative estimate of drug-likeness (QED) is 0.469. The molecule has 0 radical (unpaired) electrons. The van der Waals surface area contributed by atoms with Gasteiger partial charge in [-0.1, -0.05) is 28.1 Å². The number of benzene rings is 2. The molecule has 7 nitrogen and oxygen atoms in total. The molecule has 0 unspecified atom stereocenters. The Kier molecular flexibility index (Phi) is 5.73. The third-order valence-corrected chi connectivity index (χ3v) is 5.88. The molecule has 0 atom stereocenters. The molecule has 2 aliphatic heterocycles. The summed E-state index contributed by atoms with van der Waals surface area (Å²) >= 11 is 3.50. The molecule has 1 amide bonds. The molecular weight excluding hydrogens is 466 g/mol. The molecule has 0 aliphatic carbocycles. The highest BCUT2D eigenvalue weighted by Crippen LogP contribution is 2.39. The molecule has 31 heavy (non-hydrogen) atoms. The Morgan fingerprint density at radius 2 is 1.84 bits per heavy atom. The Morgan fingerprint density at radius 1 is 1.16 bits per heavy atom. The van der Waals surface area contributed by atoms with E-state index in [9.17, 15) is 9.59 Å². The van der Waals surface area contributed by atoms with E-state index in [-0.39, 0.29) is 23.8 Å². The summed E-state index contributed by atoms with van der Waals surface area (Å²) in [5, 5.41) is 0. The molecule has 8 heteroatoms. The fraction of sp³-hybridized carbons (Fsp3) is 0.217. The number of nitrogens with zero attached hydrogens (tertiary/aromatic N) is 1. The van der Waals surface area contributed by atoms with Gasteiger partial charge in [0.2, 0.25) is 6.79 Å². The molecule has 0 spiro atoms. The summed E-state index contributed by atoms with van der Waals surface area (Å²) in [6.07, 6.45) is 1.66. The fourth-order valence-electron chi connectivity index (χ4n) is 3.53. The van der Waals surface area contributed by atoms with Crippen LogP contribution in [-0.4, -0.2) is 37.8 Å². The molecule has 160 valence electrons. The van der Waals surface area contributed by atoms with Crippen molar-refractivity contribution in [1.29, 1.82) is 0 Å². The van der Waals surface area contributed by atoms with E-state index in [1.54, 1.807) is 37.1 Å². The zero-order valence-electron chi connectivity index (χ0n) is 17.2. The van der Waals surface area contributed by atoms with Crippen molar-refractivity contribution in [2.75, 3.05) is 21.0 Å². The van der Waals surface area contributed by atoms with E-state index in [1.165, 1.54) is 7.11 Å². The number of rotatable bonds is 5. The first-order chi connectivity index (χ1) is 14.9. The summed E-state index contributed by atoms with van der Waals surface area (Å²) < 4.78 is 21.7. The third-order valence-electron chi connectivity index (χ3n) is 5.19. The monoisotopic (exact) mass is 485 g/mol. The van der Waals surface area contributed by atoms with Crippen LogP contribution in [0.25, 0.3) is 6.08 Å². The van der Waals surface area contributed by atoms with E-state index in [1.807, 2.05) is 24.3 Å². The molecule has 2 aliphatic rings. The molecule has 0 aromatic heterocycles. The lowest BCUT2D eigenvalue weighted by Crippen LogP contribution is -2.24. The van der Waals surface area contributed by atoms with Crippen molar-refractivity contribution in [3.05, 3.63) is 68.8 Å². The molecule has 0 saturated heterocycles. The van der Waals surface area contributed by atoms with Gasteiger partial charge in [0, 0.05) is 10.2 Å². The zero-order chi connectivity index (χ0) is 22.1. The highest BCUT2D eigenvalue weighted by molar-refractivity contribution is 9.10. The van der Waals surface area contributed by atoms with Gasteiger partial charge in [0.15, 0.2) is 11.5 Å². The van der Waals surface area contributed by atoms with Gasteiger partial charge in [-0.2, -0.15) is 0 Å². The first-order valence-corrected chi connectivity index (χ1v) is 10.3. The van der Waals surface area contributed by atoms with E-state index in [2.05, 4.69) is 15.9 Å². The second kappa shape index (κ2) is 8.47. The highest BCUT2D eigenvalue weighted by Gasteiger charge is 2.37. The number of halogens is 1. The van der Waals surface area contributed by atoms with Crippen molar-refractivity contribution in [3.8, 4) is 17.2 Å². The molecule has 0 N–H and O–H groups in total. The summed E-state index contributed by atoms with van der Waals surface area (Å²) in [5.41, 5.74) is 2.63. The molecule has 2 aromatic carbocycles. The number of hydrogen-bond donors (Lipinski definition) is 0. The summed E-state index contributed by atoms with van der Waals surface area (Å²) in [5.74, 6) is 1.08. The van der Waals surface area contributed by atoms with Gasteiger partial charge in [-0.25, -0.2) is 4.79 Å². The second-order valence-electron chi connectivity index (χ2n) is 6.98. The number of carbonyl (C=O) groups excluding carboxylic acids is 2. The van der Waals surface area contributed by atoms with Crippen LogP contribution in [0.4, 0.5) is 0 Å². The minimum atomic E-state index is -0.564. The lowest BCUT2D eigenvalue weighted by Gasteiger charge is -2.18. The number of carbonyl (C=O) groups is 2. The van der Waals surface area contributed by atoms with E-state index < -0.39 is 5.97 Å². The van der Waals surface area contributed by atoms with Crippen LogP contribution in [0.2, 0.25) is 0 Å². The number of allylic oxidation sites excluding steroid dienone is 1. The van der Waals surface area contributed by atoms with Gasteiger partial charge in [-0.05, 0) is 48.4 Å². The number of hydrogen-bond acceptors (Lipinski definition) is 6. The number of amides is 1. The van der Waals surface area contributed by atoms with E-state index in [0.29, 0.717) is 33.8 Å². The minimum absolute atomic E-state index is 0.142. The van der Waals surface area contributed by atoms with Gasteiger partial charge in [-0.15, -0.1) is 0 Å². The van der Waals surface area contributed by atoms with Crippen LogP contribution in [0.1, 0.15) is 18.1 Å². The van der Waals surface area contributed by atoms with Crippen molar-refractivity contribution < 1.29 is 28.5 Å². The van der Waals surface area contributed by atoms with Gasteiger partial charge < -0.3 is 23.8 Å². The molecule has 2 aromatic rings. The summed E-state index contributed by atoms with van der Waals surface area (Å²) in [7, 11) is 2.90. The molecule has 0 saturated carbocycles. The van der Waals surface area contributed by atoms with Crippen LogP contribution in [0.15, 0.2) is 57.7 Å². The minimum Gasteiger partial charge on any atom is -0.497 e. The Labute approximate surface area is 188 Å². The van der Waals surface area contributed by atoms with Crippen LogP contribution < -0.4 is 14.2 Å². The number of fused-ring (bicyclic) bond motifs is 1. The Balaban J connectivity index is 1.73. The van der Waals surface area contributed by atoms with Crippen LogP contribution in [0.3, 0.4) is 0 Å². The van der Waals surface area contributed by atoms with Crippen LogP contribution in [0, 0.1) is 0 Å². The van der Waals surface area contributed by atoms with Gasteiger partial charge in [0.05, 0.1) is 31.9 Å². The van der Waals surface area contributed by atoms with Crippen LogP contribution in [0.5, 0.6) is 17.2 Å². The Bertz CT molecular complexity index is 1120. The predicted octanol–water partition coefficient (Wildman–Crippen LogP) is 4.06. The van der Waals surface area contributed by atoms with E-state index in [0.717, 1.165) is 11.3 Å². The maximum atomic E-state index is 13.3. The number of esters is 1. The highest BCUT2D eigenvalue weighted by atomic mass is 79.9. The van der Waals surface area contributed by atoms with Crippen molar-refractivity contribution >= 4 is 33.9 Å². The normalized spacial score (nSPS) is 16.3. The predicted molar refractivity (Wildman–Crippen MR) is 117 cm³/mol. The lowest BCUT2D eigenvalue weighted by atomic mass is 10.0. The standard InChI is InChI=1S/C23H20BrNO6/c1-13-21(23(27)29-3)17(8-15-9-19-20(10-18(15)24)31-12-30-19)22(26)25(13)11-14-4-6-16(28-2)7-5-14/h4-10H,11-12H2,1-3H3/b17-8-. The smallest absolute Gasteiger partial charge is 0.340 e. The number of methoxy groups -OCH3 is 2. The summed E-state index contributed by atoms with van der Waals surface area (Å²) in [4.78, 5) is 27.5. The van der Waals surface area contributed by atoms with Crippen molar-refractivity contribution in [2.45, 2.75) is 13.5 Å². The first-order valence-electron chi connectivity index (χ1n) is 9.48. The average molecular weight is 486 g/mol. The van der Waals surface area contributed by atoms with E-state index >= 15 is 0 Å². The first kappa shape index (κ1) is 21.0. The van der Waals surface area contributed by atoms with Gasteiger partial charge >= 0.3 is 5.97 Å². The summed E-state index contributed by atoms with van der Waals surface area (Å²) in [6, 6.07) is 11.0. The van der Waals surface area contributed by atoms with Crippen LogP contribution >= 0.6 is 15.9 Å². The van der Waals surface area contributed by atoms with Crippen molar-refractivity contribution in [2.24, 2.45) is 0 Å². The van der Waals surface area contributed by atoms with E-state index in [4.69, 9.17) is 18.9 Å². The molecule has 2 heterocycles. The second-order valence-corrected chi connectivity index (χ2v) is 7.83. The topological polar surface area (TPSA) is 74.3 Å². The Hall–Kier alpha value is -3.26. The van der Waals surface area contributed by atoms with Gasteiger partial charge in [0.25, 0.3) is 5.91 Å². The molecule has 0 bridgehead atoms. The van der Waals surface area contributed by atoms with Gasteiger partial charge in [-0.3, -0.25) is 4.79 Å². The largest absolute Gasteiger partial charge is 0.497 e. The number of ether oxygens (including phenoxy) is 4. The van der Waals surface area contributed by atoms with Crippen LogP contribution in [-0.2, 0) is 20.9 Å². The average Bonchev–Trinajstić information content (AvgIpc) is 3.31. The molecule has 4 rings (SSSR count). The van der Waals surface area contributed by atoms with Crippen molar-refractivity contribution in [3.63, 3.8) is 0 Å². The van der Waals surface area contributed by atoms with Crippen molar-refractivity contribution in [1.82, 2.24) is 4.90 Å². The molecular formula is C23H20BrNO6. The lowest BCUT2D eigenvalue weighted by molar-refractivity contribution is -0.136. The third kappa shape index (κ3) is 3.90. The fourth-order valence-corrected chi connectivity index (χ4v) is 3.97. The maximum absolute atomic E-state index is 13.3. The maximum Gasteiger partial charge on any atom is 0.340 e. The SMILES string of the molecule is COC(=O)C1=C(C)N(Cc2ccc(OC)cc2)C(=O)/C1=C\c1cc2c(cc1Br)OCO2.